The fraction of sp³-hybridized carbons (Fsp3) is 0.417. The van der Waals surface area contributed by atoms with Gasteiger partial charge < -0.3 is 0 Å². The van der Waals surface area contributed by atoms with Gasteiger partial charge in [0, 0.05) is 11.1 Å². The first-order valence-corrected chi connectivity index (χ1v) is 4.76. The molecular formula is C12H14O. The number of hydrogen-bond donors (Lipinski definition) is 0. The maximum Gasteiger partial charge on any atom is 0.194 e. The summed E-state index contributed by atoms with van der Waals surface area (Å²) in [6.45, 7) is 8.34. The molecule has 0 aromatic heterocycles. The van der Waals surface area contributed by atoms with Gasteiger partial charge in [0.2, 0.25) is 0 Å². The van der Waals surface area contributed by atoms with Crippen molar-refractivity contribution in [3.05, 3.63) is 33.4 Å². The first kappa shape index (κ1) is 8.49. The lowest BCUT2D eigenvalue weighted by molar-refractivity contribution is 0.102. The van der Waals surface area contributed by atoms with Crippen molar-refractivity contribution in [1.29, 1.82) is 0 Å². The van der Waals surface area contributed by atoms with Crippen molar-refractivity contribution in [1.82, 2.24) is 0 Å². The standard InChI is InChI=1S/C12H14O/c1-5-9-6(2)7(3)10-8(4)11(9)12(10)13/h5H2,1-4H3. The molecule has 0 N–H and O–H groups in total. The predicted molar refractivity (Wildman–Crippen MR) is 53.5 cm³/mol. The summed E-state index contributed by atoms with van der Waals surface area (Å²) in [6.07, 6.45) is 0.967. The van der Waals surface area contributed by atoms with E-state index in [-0.39, 0.29) is 5.78 Å². The van der Waals surface area contributed by atoms with E-state index >= 15 is 0 Å². The van der Waals surface area contributed by atoms with Crippen molar-refractivity contribution in [2.45, 2.75) is 34.1 Å². The first-order chi connectivity index (χ1) is 6.09. The fourth-order valence-corrected chi connectivity index (χ4v) is 2.39. The van der Waals surface area contributed by atoms with E-state index < -0.39 is 0 Å². The molecule has 0 atom stereocenters. The maximum absolute atomic E-state index is 11.6. The highest BCUT2D eigenvalue weighted by Gasteiger charge is 2.32. The van der Waals surface area contributed by atoms with Crippen LogP contribution in [-0.4, -0.2) is 5.78 Å². The van der Waals surface area contributed by atoms with Crippen LogP contribution in [0.15, 0.2) is 0 Å². The van der Waals surface area contributed by atoms with Crippen LogP contribution in [0, 0.1) is 20.8 Å². The lowest BCUT2D eigenvalue weighted by Gasteiger charge is -2.28. The monoisotopic (exact) mass is 174 g/mol. The Balaban J connectivity index is 2.82. The highest BCUT2D eigenvalue weighted by atomic mass is 16.1. The van der Waals surface area contributed by atoms with Gasteiger partial charge in [0.15, 0.2) is 5.78 Å². The smallest absolute Gasteiger partial charge is 0.194 e. The van der Waals surface area contributed by atoms with E-state index in [2.05, 4.69) is 27.7 Å². The minimum Gasteiger partial charge on any atom is -0.289 e. The summed E-state index contributed by atoms with van der Waals surface area (Å²) in [6, 6.07) is 0. The van der Waals surface area contributed by atoms with E-state index in [0.717, 1.165) is 17.5 Å². The van der Waals surface area contributed by atoms with Crippen LogP contribution in [0.1, 0.15) is 45.1 Å². The molecule has 0 saturated carbocycles. The third kappa shape index (κ3) is 0.796. The number of rotatable bonds is 1. The summed E-state index contributed by atoms with van der Waals surface area (Å²) in [5, 5.41) is 0. The van der Waals surface area contributed by atoms with Gasteiger partial charge in [-0.3, -0.25) is 4.79 Å². The van der Waals surface area contributed by atoms with Crippen molar-refractivity contribution in [3.8, 4) is 0 Å². The summed E-state index contributed by atoms with van der Waals surface area (Å²) >= 11 is 0. The van der Waals surface area contributed by atoms with E-state index in [1.165, 1.54) is 22.3 Å². The first-order valence-electron chi connectivity index (χ1n) is 4.76. The number of carbonyl (C=O) groups is 1. The van der Waals surface area contributed by atoms with Gasteiger partial charge >= 0.3 is 0 Å². The van der Waals surface area contributed by atoms with Crippen LogP contribution < -0.4 is 0 Å². The highest BCUT2D eigenvalue weighted by molar-refractivity contribution is 6.21. The zero-order valence-electron chi connectivity index (χ0n) is 8.62. The van der Waals surface area contributed by atoms with Gasteiger partial charge in [0.05, 0.1) is 0 Å². The second-order valence-electron chi connectivity index (χ2n) is 3.79. The Hall–Kier alpha value is -1.11. The molecular weight excluding hydrogens is 160 g/mol. The van der Waals surface area contributed by atoms with Gasteiger partial charge in [-0.2, -0.15) is 0 Å². The minimum absolute atomic E-state index is 0.275. The van der Waals surface area contributed by atoms with Crippen LogP contribution in [0.3, 0.4) is 0 Å². The fourth-order valence-electron chi connectivity index (χ4n) is 2.39. The molecule has 0 amide bonds. The van der Waals surface area contributed by atoms with Gasteiger partial charge in [-0.1, -0.05) is 6.92 Å². The Labute approximate surface area is 78.8 Å². The quantitative estimate of drug-likeness (QED) is 0.649. The summed E-state index contributed by atoms with van der Waals surface area (Å²) in [5.74, 6) is 0.275. The normalized spacial score (nSPS) is 13.1. The topological polar surface area (TPSA) is 17.1 Å². The second-order valence-corrected chi connectivity index (χ2v) is 3.79. The van der Waals surface area contributed by atoms with Crippen molar-refractivity contribution in [3.63, 3.8) is 0 Å². The molecule has 0 saturated heterocycles. The zero-order chi connectivity index (χ0) is 9.75. The van der Waals surface area contributed by atoms with Crippen LogP contribution in [0.5, 0.6) is 0 Å². The lowest BCUT2D eigenvalue weighted by atomic mass is 9.74. The van der Waals surface area contributed by atoms with Gasteiger partial charge in [0.1, 0.15) is 0 Å². The Morgan fingerprint density at radius 3 is 2.00 bits per heavy atom. The van der Waals surface area contributed by atoms with Crippen molar-refractivity contribution in [2.24, 2.45) is 0 Å². The average molecular weight is 174 g/mol. The molecule has 1 aromatic rings. The van der Waals surface area contributed by atoms with E-state index in [1.54, 1.807) is 0 Å². The molecule has 13 heavy (non-hydrogen) atoms. The molecule has 3 rings (SSSR count). The van der Waals surface area contributed by atoms with Gasteiger partial charge in [-0.25, -0.2) is 0 Å². The molecule has 1 aromatic carbocycles. The largest absolute Gasteiger partial charge is 0.289 e. The van der Waals surface area contributed by atoms with Crippen molar-refractivity contribution in [2.75, 3.05) is 0 Å². The summed E-state index contributed by atoms with van der Waals surface area (Å²) < 4.78 is 0. The lowest BCUT2D eigenvalue weighted by Crippen LogP contribution is -2.24. The van der Waals surface area contributed by atoms with Gasteiger partial charge in [-0.15, -0.1) is 0 Å². The number of benzene rings is 1. The van der Waals surface area contributed by atoms with E-state index in [4.69, 9.17) is 0 Å². The predicted octanol–water partition coefficient (Wildman–Crippen LogP) is 2.72. The van der Waals surface area contributed by atoms with Gasteiger partial charge in [0.25, 0.3) is 0 Å². The van der Waals surface area contributed by atoms with Crippen LogP contribution in [-0.2, 0) is 6.42 Å². The molecule has 2 aliphatic carbocycles. The number of fused-ring (bicyclic) bond motifs is 2. The van der Waals surface area contributed by atoms with Crippen LogP contribution in [0.2, 0.25) is 0 Å². The molecule has 0 aliphatic heterocycles. The Morgan fingerprint density at radius 1 is 0.923 bits per heavy atom. The molecule has 0 fully saturated rings. The van der Waals surface area contributed by atoms with Crippen molar-refractivity contribution < 1.29 is 4.79 Å². The Morgan fingerprint density at radius 2 is 1.54 bits per heavy atom. The number of carbonyl (C=O) groups excluding carboxylic acids is 1. The van der Waals surface area contributed by atoms with E-state index in [0.29, 0.717) is 0 Å². The van der Waals surface area contributed by atoms with Crippen LogP contribution in [0.4, 0.5) is 0 Å². The zero-order valence-corrected chi connectivity index (χ0v) is 8.62. The van der Waals surface area contributed by atoms with Crippen LogP contribution >= 0.6 is 0 Å². The molecule has 2 aliphatic rings. The Kier molecular flexibility index (Phi) is 1.59. The second kappa shape index (κ2) is 2.44. The molecule has 1 nitrogen and oxygen atoms in total. The van der Waals surface area contributed by atoms with Crippen molar-refractivity contribution >= 4 is 5.78 Å². The van der Waals surface area contributed by atoms with Gasteiger partial charge in [-0.05, 0) is 49.4 Å². The number of aryl methyl sites for hydroxylation is 1. The summed E-state index contributed by atoms with van der Waals surface area (Å²) in [5.41, 5.74) is 6.96. The van der Waals surface area contributed by atoms with E-state index in [1.807, 2.05) is 0 Å². The number of hydrogen-bond acceptors (Lipinski definition) is 1. The third-order valence-corrected chi connectivity index (χ3v) is 3.25. The molecule has 0 heterocycles. The highest BCUT2D eigenvalue weighted by Crippen LogP contribution is 2.37. The summed E-state index contributed by atoms with van der Waals surface area (Å²) in [7, 11) is 0. The average Bonchev–Trinajstić information content (AvgIpc) is 2.11. The molecule has 68 valence electrons. The molecule has 0 spiro atoms. The number of ketones is 1. The SMILES string of the molecule is CCc1c(C)c(C)c2c(C)c1C2=O. The summed E-state index contributed by atoms with van der Waals surface area (Å²) in [4.78, 5) is 11.6. The molecule has 2 bridgehead atoms. The maximum atomic E-state index is 11.6. The third-order valence-electron chi connectivity index (χ3n) is 3.25. The van der Waals surface area contributed by atoms with Crippen LogP contribution in [0.25, 0.3) is 0 Å². The molecule has 1 heteroatoms. The minimum atomic E-state index is 0.275. The Bertz CT molecular complexity index is 414. The molecule has 0 radical (unpaired) electrons. The molecule has 0 unspecified atom stereocenters. The van der Waals surface area contributed by atoms with E-state index in [9.17, 15) is 4.79 Å².